The molecule has 7 nitrogen and oxygen atoms in total. The number of sulfonamides is 1. The van der Waals surface area contributed by atoms with Crippen molar-refractivity contribution in [2.45, 2.75) is 11.9 Å². The summed E-state index contributed by atoms with van der Waals surface area (Å²) >= 11 is 0. The first kappa shape index (κ1) is 11.8. The lowest BCUT2D eigenvalue weighted by molar-refractivity contribution is 0.579. The summed E-state index contributed by atoms with van der Waals surface area (Å²) in [5.41, 5.74) is 2.81. The van der Waals surface area contributed by atoms with Gasteiger partial charge < -0.3 is 5.43 Å². The minimum Gasteiger partial charge on any atom is -0.306 e. The molecule has 4 N–H and O–H groups in total. The number of hydrogen-bond donors (Lipinski definition) is 3. The second kappa shape index (κ2) is 4.32. The van der Waals surface area contributed by atoms with E-state index in [1.807, 2.05) is 0 Å². The molecule has 0 spiro atoms. The van der Waals surface area contributed by atoms with Gasteiger partial charge >= 0.3 is 0 Å². The molecule has 0 saturated carbocycles. The number of pyridine rings is 1. The molecule has 2 heterocycles. The van der Waals surface area contributed by atoms with E-state index in [1.54, 1.807) is 31.3 Å². The minimum atomic E-state index is -3.63. The van der Waals surface area contributed by atoms with Crippen molar-refractivity contribution in [2.75, 3.05) is 12.0 Å². The Morgan fingerprint density at radius 2 is 2.24 bits per heavy atom. The summed E-state index contributed by atoms with van der Waals surface area (Å²) in [7, 11) is -3.63. The van der Waals surface area contributed by atoms with Gasteiger partial charge in [0.25, 0.3) is 10.0 Å². The average Bonchev–Trinajstić information content (AvgIpc) is 2.67. The monoisotopic (exact) mass is 255 g/mol. The van der Waals surface area contributed by atoms with Gasteiger partial charge in [0.1, 0.15) is 5.65 Å². The first-order valence-electron chi connectivity index (χ1n) is 5.03. The van der Waals surface area contributed by atoms with Crippen molar-refractivity contribution in [3.63, 3.8) is 0 Å². The number of hydrogen-bond acceptors (Lipinski definition) is 5. The summed E-state index contributed by atoms with van der Waals surface area (Å²) in [4.78, 5) is 4.09. The maximum absolute atomic E-state index is 12.0. The first-order valence-corrected chi connectivity index (χ1v) is 6.52. The van der Waals surface area contributed by atoms with Gasteiger partial charge in [-0.05, 0) is 12.1 Å². The fourth-order valence-corrected chi connectivity index (χ4v) is 2.87. The van der Waals surface area contributed by atoms with Crippen LogP contribution in [0.4, 0.5) is 5.82 Å². The molecule has 2 aromatic rings. The third-order valence-electron chi connectivity index (χ3n) is 2.21. The molecule has 0 radical (unpaired) electrons. The zero-order chi connectivity index (χ0) is 12.5. The van der Waals surface area contributed by atoms with Gasteiger partial charge in [0.2, 0.25) is 0 Å². The number of nitrogens with zero attached hydrogens (tertiary/aromatic N) is 2. The van der Waals surface area contributed by atoms with Crippen LogP contribution in [0.3, 0.4) is 0 Å². The molecule has 0 aromatic carbocycles. The SMILES string of the molecule is CCNS(=O)(=O)c1c(NN)nc2ccccn12. The minimum absolute atomic E-state index is 0.0115. The fourth-order valence-electron chi connectivity index (χ4n) is 1.58. The van der Waals surface area contributed by atoms with Crippen LogP contribution in [-0.2, 0) is 10.0 Å². The van der Waals surface area contributed by atoms with Crippen LogP contribution in [0.25, 0.3) is 5.65 Å². The van der Waals surface area contributed by atoms with Crippen LogP contribution in [0.5, 0.6) is 0 Å². The molecule has 2 aromatic heterocycles. The van der Waals surface area contributed by atoms with Crippen LogP contribution in [0.1, 0.15) is 6.92 Å². The summed E-state index contributed by atoms with van der Waals surface area (Å²) in [5, 5.41) is 0.0115. The Labute approximate surface area is 98.7 Å². The van der Waals surface area contributed by atoms with Crippen LogP contribution >= 0.6 is 0 Å². The maximum atomic E-state index is 12.0. The number of nitrogens with two attached hydrogens (primary N) is 1. The fraction of sp³-hybridized carbons (Fsp3) is 0.222. The molecular weight excluding hydrogens is 242 g/mol. The van der Waals surface area contributed by atoms with E-state index in [9.17, 15) is 8.42 Å². The molecular formula is C9H13N5O2S. The van der Waals surface area contributed by atoms with E-state index in [2.05, 4.69) is 15.1 Å². The topological polar surface area (TPSA) is 102 Å². The standard InChI is InChI=1S/C9H13N5O2S/c1-2-11-17(15,16)9-8(13-10)12-7-5-3-4-6-14(7)9/h3-6,11,13H,2,10H2,1H3. The van der Waals surface area contributed by atoms with Gasteiger partial charge in [0, 0.05) is 12.7 Å². The lowest BCUT2D eigenvalue weighted by Crippen LogP contribution is -2.26. The lowest BCUT2D eigenvalue weighted by Gasteiger charge is -2.05. The van der Waals surface area contributed by atoms with Crippen molar-refractivity contribution in [2.24, 2.45) is 5.84 Å². The van der Waals surface area contributed by atoms with Crippen LogP contribution in [0.15, 0.2) is 29.4 Å². The van der Waals surface area contributed by atoms with Gasteiger partial charge in [-0.15, -0.1) is 0 Å². The number of imidazole rings is 1. The van der Waals surface area contributed by atoms with E-state index in [4.69, 9.17) is 5.84 Å². The molecule has 0 aliphatic rings. The molecule has 2 rings (SSSR count). The molecule has 0 saturated heterocycles. The molecule has 8 heteroatoms. The Balaban J connectivity index is 2.74. The summed E-state index contributed by atoms with van der Waals surface area (Å²) in [6.07, 6.45) is 1.62. The van der Waals surface area contributed by atoms with Crippen molar-refractivity contribution >= 4 is 21.5 Å². The highest BCUT2D eigenvalue weighted by Crippen LogP contribution is 2.21. The van der Waals surface area contributed by atoms with Gasteiger partial charge in [-0.25, -0.2) is 24.0 Å². The predicted octanol–water partition coefficient (Wildman–Crippen LogP) is -0.0819. The second-order valence-corrected chi connectivity index (χ2v) is 5.02. The molecule has 0 atom stereocenters. The number of fused-ring (bicyclic) bond motifs is 1. The van der Waals surface area contributed by atoms with Crippen molar-refractivity contribution < 1.29 is 8.42 Å². The average molecular weight is 255 g/mol. The summed E-state index contributed by atoms with van der Waals surface area (Å²) < 4.78 is 27.9. The summed E-state index contributed by atoms with van der Waals surface area (Å²) in [6.45, 7) is 2.00. The number of rotatable bonds is 4. The highest BCUT2D eigenvalue weighted by Gasteiger charge is 2.23. The van der Waals surface area contributed by atoms with E-state index in [0.717, 1.165) is 0 Å². The van der Waals surface area contributed by atoms with Gasteiger partial charge in [-0.2, -0.15) is 0 Å². The van der Waals surface area contributed by atoms with Crippen molar-refractivity contribution in [3.8, 4) is 0 Å². The molecule has 0 unspecified atom stereocenters. The Bertz CT molecular complexity index is 634. The van der Waals surface area contributed by atoms with Gasteiger partial charge in [0.15, 0.2) is 10.8 Å². The number of anilines is 1. The predicted molar refractivity (Wildman–Crippen MR) is 63.9 cm³/mol. The number of aromatic nitrogens is 2. The third kappa shape index (κ3) is 1.97. The van der Waals surface area contributed by atoms with E-state index < -0.39 is 10.0 Å². The lowest BCUT2D eigenvalue weighted by atomic mass is 10.5. The molecule has 0 fully saturated rings. The molecule has 0 aliphatic heterocycles. The third-order valence-corrected chi connectivity index (χ3v) is 3.78. The maximum Gasteiger partial charge on any atom is 0.260 e. The number of nitrogens with one attached hydrogen (secondary N) is 2. The molecule has 92 valence electrons. The number of nitrogen functional groups attached to an aromatic ring is 1. The van der Waals surface area contributed by atoms with Crippen molar-refractivity contribution in [1.82, 2.24) is 14.1 Å². The van der Waals surface area contributed by atoms with Crippen LogP contribution < -0.4 is 16.0 Å². The Hall–Kier alpha value is -1.64. The van der Waals surface area contributed by atoms with Crippen LogP contribution in [0.2, 0.25) is 0 Å². The molecule has 0 bridgehead atoms. The highest BCUT2D eigenvalue weighted by molar-refractivity contribution is 7.89. The van der Waals surface area contributed by atoms with Crippen LogP contribution in [0, 0.1) is 0 Å². The largest absolute Gasteiger partial charge is 0.306 e. The van der Waals surface area contributed by atoms with Gasteiger partial charge in [0.05, 0.1) is 0 Å². The Morgan fingerprint density at radius 1 is 1.47 bits per heavy atom. The summed E-state index contributed by atoms with van der Waals surface area (Å²) in [5.74, 6) is 5.41. The highest BCUT2D eigenvalue weighted by atomic mass is 32.2. The van der Waals surface area contributed by atoms with Crippen molar-refractivity contribution in [3.05, 3.63) is 24.4 Å². The normalized spacial score (nSPS) is 11.9. The van der Waals surface area contributed by atoms with E-state index in [1.165, 1.54) is 4.40 Å². The molecule has 0 amide bonds. The van der Waals surface area contributed by atoms with Crippen molar-refractivity contribution in [1.29, 1.82) is 0 Å². The zero-order valence-corrected chi connectivity index (χ0v) is 10.0. The smallest absolute Gasteiger partial charge is 0.260 e. The quantitative estimate of drug-likeness (QED) is 0.524. The van der Waals surface area contributed by atoms with Gasteiger partial charge in [-0.3, -0.25) is 4.40 Å². The number of hydrazine groups is 1. The molecule has 17 heavy (non-hydrogen) atoms. The molecule has 0 aliphatic carbocycles. The second-order valence-electron chi connectivity index (χ2n) is 3.34. The van der Waals surface area contributed by atoms with E-state index >= 15 is 0 Å². The first-order chi connectivity index (χ1) is 8.10. The van der Waals surface area contributed by atoms with E-state index in [-0.39, 0.29) is 10.8 Å². The summed E-state index contributed by atoms with van der Waals surface area (Å²) in [6, 6.07) is 5.19. The van der Waals surface area contributed by atoms with Crippen LogP contribution in [-0.4, -0.2) is 24.3 Å². The Kier molecular flexibility index (Phi) is 3.01. The zero-order valence-electron chi connectivity index (χ0n) is 9.21. The van der Waals surface area contributed by atoms with Gasteiger partial charge in [-0.1, -0.05) is 13.0 Å². The van der Waals surface area contributed by atoms with E-state index in [0.29, 0.717) is 12.2 Å². The Morgan fingerprint density at radius 3 is 2.88 bits per heavy atom.